The fourth-order valence-electron chi connectivity index (χ4n) is 4.09. The molecular formula is C22H26ClN3O3. The Morgan fingerprint density at radius 3 is 2.76 bits per heavy atom. The molecule has 3 heterocycles. The second-order valence-electron chi connectivity index (χ2n) is 7.73. The van der Waals surface area contributed by atoms with Gasteiger partial charge in [0.05, 0.1) is 31.4 Å². The standard InChI is InChI=1S/C22H26ClN3O3/c1-14-9-15(2)26(13-17(27)12-25-5-7-29-8-6-25)21(14)11-19-18-10-16(23)3-4-20(18)24-22(19)28/h3-4,9-11,17,27H,5-8,12-13H2,1-2H3,(H,24,28)/t17-/m0/s1. The van der Waals surface area contributed by atoms with E-state index in [0.29, 0.717) is 36.9 Å². The maximum absolute atomic E-state index is 12.6. The number of rotatable bonds is 5. The SMILES string of the molecule is Cc1cc(C)n(C[C@@H](O)CN2CCOCC2)c1C=C1C(=O)Nc2ccc(Cl)cc21. The summed E-state index contributed by atoms with van der Waals surface area (Å²) in [5.41, 5.74) is 5.22. The third-order valence-corrected chi connectivity index (χ3v) is 5.79. The number of hydrogen-bond acceptors (Lipinski definition) is 4. The molecule has 0 aliphatic carbocycles. The number of aliphatic hydroxyl groups excluding tert-OH is 1. The molecule has 2 aromatic rings. The van der Waals surface area contributed by atoms with Gasteiger partial charge in [-0.05, 0) is 49.8 Å². The maximum atomic E-state index is 12.6. The number of nitrogens with one attached hydrogen (secondary N) is 1. The van der Waals surface area contributed by atoms with Gasteiger partial charge in [-0.3, -0.25) is 9.69 Å². The van der Waals surface area contributed by atoms with Crippen LogP contribution in [0.15, 0.2) is 24.3 Å². The minimum atomic E-state index is -0.505. The number of fused-ring (bicyclic) bond motifs is 1. The van der Waals surface area contributed by atoms with Gasteiger partial charge in [-0.25, -0.2) is 0 Å². The number of anilines is 1. The molecule has 0 spiro atoms. The molecule has 6 nitrogen and oxygen atoms in total. The summed E-state index contributed by atoms with van der Waals surface area (Å²) in [4.78, 5) is 14.8. The van der Waals surface area contributed by atoms with Gasteiger partial charge >= 0.3 is 0 Å². The number of morpholine rings is 1. The van der Waals surface area contributed by atoms with Crippen molar-refractivity contribution in [3.63, 3.8) is 0 Å². The molecule has 0 unspecified atom stereocenters. The number of ether oxygens (including phenoxy) is 1. The number of aryl methyl sites for hydroxylation is 2. The van der Waals surface area contributed by atoms with E-state index in [1.807, 2.05) is 32.1 Å². The van der Waals surface area contributed by atoms with Crippen molar-refractivity contribution in [3.8, 4) is 0 Å². The molecule has 1 amide bonds. The van der Waals surface area contributed by atoms with E-state index >= 15 is 0 Å². The van der Waals surface area contributed by atoms with Crippen molar-refractivity contribution < 1.29 is 14.6 Å². The van der Waals surface area contributed by atoms with Gasteiger partial charge in [0.25, 0.3) is 5.91 Å². The number of aliphatic hydroxyl groups is 1. The van der Waals surface area contributed by atoms with Crippen molar-refractivity contribution in [3.05, 3.63) is 51.8 Å². The zero-order valence-electron chi connectivity index (χ0n) is 16.7. The van der Waals surface area contributed by atoms with Gasteiger partial charge in [0.15, 0.2) is 0 Å². The lowest BCUT2D eigenvalue weighted by molar-refractivity contribution is -0.110. The molecule has 2 aliphatic heterocycles. The number of hydrogen-bond donors (Lipinski definition) is 2. The van der Waals surface area contributed by atoms with Crippen LogP contribution in [-0.4, -0.2) is 59.4 Å². The summed E-state index contributed by atoms with van der Waals surface area (Å²) >= 11 is 6.15. The van der Waals surface area contributed by atoms with Crippen LogP contribution in [0.1, 0.15) is 22.5 Å². The molecule has 0 saturated carbocycles. The summed E-state index contributed by atoms with van der Waals surface area (Å²) < 4.78 is 7.47. The van der Waals surface area contributed by atoms with Crippen LogP contribution in [0.3, 0.4) is 0 Å². The number of carbonyl (C=O) groups is 1. The predicted octanol–water partition coefficient (Wildman–Crippen LogP) is 2.94. The Morgan fingerprint density at radius 1 is 1.24 bits per heavy atom. The molecule has 1 saturated heterocycles. The van der Waals surface area contributed by atoms with Crippen LogP contribution in [0.5, 0.6) is 0 Å². The summed E-state index contributed by atoms with van der Waals surface area (Å²) in [5, 5.41) is 14.2. The first-order valence-corrected chi connectivity index (χ1v) is 10.3. The van der Waals surface area contributed by atoms with E-state index in [0.717, 1.165) is 41.3 Å². The molecular weight excluding hydrogens is 390 g/mol. The fourth-order valence-corrected chi connectivity index (χ4v) is 4.26. The highest BCUT2D eigenvalue weighted by Gasteiger charge is 2.25. The highest BCUT2D eigenvalue weighted by Crippen LogP contribution is 2.35. The van der Waals surface area contributed by atoms with Crippen LogP contribution in [-0.2, 0) is 16.1 Å². The topological polar surface area (TPSA) is 66.7 Å². The fraction of sp³-hybridized carbons (Fsp3) is 0.409. The zero-order valence-corrected chi connectivity index (χ0v) is 17.5. The number of aromatic nitrogens is 1. The summed E-state index contributed by atoms with van der Waals surface area (Å²) in [5.74, 6) is -0.138. The molecule has 2 N–H and O–H groups in total. The van der Waals surface area contributed by atoms with Gasteiger partial charge in [-0.15, -0.1) is 0 Å². The summed E-state index contributed by atoms with van der Waals surface area (Å²) in [6, 6.07) is 7.48. The molecule has 1 aromatic heterocycles. The minimum Gasteiger partial charge on any atom is -0.390 e. The number of amides is 1. The molecule has 154 valence electrons. The van der Waals surface area contributed by atoms with Crippen LogP contribution in [0.25, 0.3) is 11.6 Å². The number of halogens is 1. The smallest absolute Gasteiger partial charge is 0.256 e. The minimum absolute atomic E-state index is 0.138. The first-order valence-electron chi connectivity index (χ1n) is 9.90. The lowest BCUT2D eigenvalue weighted by Gasteiger charge is -2.29. The number of benzene rings is 1. The monoisotopic (exact) mass is 415 g/mol. The van der Waals surface area contributed by atoms with Crippen LogP contribution < -0.4 is 5.32 Å². The highest BCUT2D eigenvalue weighted by molar-refractivity contribution is 6.36. The Morgan fingerprint density at radius 2 is 2.00 bits per heavy atom. The van der Waals surface area contributed by atoms with Gasteiger partial charge in [0.2, 0.25) is 0 Å². The van der Waals surface area contributed by atoms with Crippen molar-refractivity contribution >= 4 is 34.8 Å². The molecule has 1 aromatic carbocycles. The van der Waals surface area contributed by atoms with E-state index in [1.165, 1.54) is 0 Å². The lowest BCUT2D eigenvalue weighted by atomic mass is 10.1. The van der Waals surface area contributed by atoms with Gasteiger partial charge in [-0.2, -0.15) is 0 Å². The molecule has 4 rings (SSSR count). The predicted molar refractivity (Wildman–Crippen MR) is 115 cm³/mol. The molecule has 7 heteroatoms. The second-order valence-corrected chi connectivity index (χ2v) is 8.17. The van der Waals surface area contributed by atoms with Crippen molar-refractivity contribution in [1.82, 2.24) is 9.47 Å². The summed E-state index contributed by atoms with van der Waals surface area (Å²) in [6.07, 6.45) is 1.40. The Balaban J connectivity index is 1.61. The Labute approximate surface area is 175 Å². The van der Waals surface area contributed by atoms with E-state index in [9.17, 15) is 9.90 Å². The van der Waals surface area contributed by atoms with Gasteiger partial charge in [-0.1, -0.05) is 11.6 Å². The molecule has 29 heavy (non-hydrogen) atoms. The average molecular weight is 416 g/mol. The van der Waals surface area contributed by atoms with E-state index in [2.05, 4.69) is 20.9 Å². The normalized spacial score (nSPS) is 19.4. The number of carbonyl (C=O) groups excluding carboxylic acids is 1. The summed E-state index contributed by atoms with van der Waals surface area (Å²) in [7, 11) is 0. The van der Waals surface area contributed by atoms with Crippen LogP contribution in [0.2, 0.25) is 5.02 Å². The van der Waals surface area contributed by atoms with E-state index in [4.69, 9.17) is 16.3 Å². The first-order chi connectivity index (χ1) is 13.9. The molecule has 2 aliphatic rings. The van der Waals surface area contributed by atoms with Gasteiger partial charge < -0.3 is 19.7 Å². The Hall–Kier alpha value is -2.12. The van der Waals surface area contributed by atoms with E-state index < -0.39 is 6.10 Å². The van der Waals surface area contributed by atoms with Crippen molar-refractivity contribution in [2.45, 2.75) is 26.5 Å². The van der Waals surface area contributed by atoms with Gasteiger partial charge in [0.1, 0.15) is 0 Å². The Bertz CT molecular complexity index is 960. The number of β-amino-alcohol motifs (C(OH)–C–C–N with tert-alkyl or cyclic N) is 1. The van der Waals surface area contributed by atoms with Crippen molar-refractivity contribution in [1.29, 1.82) is 0 Å². The number of nitrogens with zero attached hydrogens (tertiary/aromatic N) is 2. The van der Waals surface area contributed by atoms with Crippen molar-refractivity contribution in [2.24, 2.45) is 0 Å². The second kappa shape index (κ2) is 8.32. The van der Waals surface area contributed by atoms with E-state index in [1.54, 1.807) is 6.07 Å². The van der Waals surface area contributed by atoms with Gasteiger partial charge in [0, 0.05) is 47.3 Å². The lowest BCUT2D eigenvalue weighted by Crippen LogP contribution is -2.42. The largest absolute Gasteiger partial charge is 0.390 e. The third kappa shape index (κ3) is 4.26. The summed E-state index contributed by atoms with van der Waals surface area (Å²) in [6.45, 7) is 8.23. The maximum Gasteiger partial charge on any atom is 0.256 e. The molecule has 0 bridgehead atoms. The molecule has 0 radical (unpaired) electrons. The average Bonchev–Trinajstić information content (AvgIpc) is 3.12. The van der Waals surface area contributed by atoms with Crippen LogP contribution in [0.4, 0.5) is 5.69 Å². The zero-order chi connectivity index (χ0) is 20.5. The quantitative estimate of drug-likeness (QED) is 0.737. The van der Waals surface area contributed by atoms with Crippen LogP contribution >= 0.6 is 11.6 Å². The Kier molecular flexibility index (Phi) is 5.79. The third-order valence-electron chi connectivity index (χ3n) is 5.56. The molecule has 1 fully saturated rings. The van der Waals surface area contributed by atoms with Crippen molar-refractivity contribution in [2.75, 3.05) is 38.2 Å². The molecule has 1 atom stereocenters. The van der Waals surface area contributed by atoms with E-state index in [-0.39, 0.29) is 5.91 Å². The first kappa shape index (κ1) is 20.2. The van der Waals surface area contributed by atoms with Crippen LogP contribution in [0, 0.1) is 13.8 Å². The highest BCUT2D eigenvalue weighted by atomic mass is 35.5.